The molecule has 63 heavy (non-hydrogen) atoms. The summed E-state index contributed by atoms with van der Waals surface area (Å²) in [5, 5.41) is 16.6. The minimum absolute atomic E-state index is 0.00631. The minimum atomic E-state index is -2.36. The molecule has 3 aromatic rings. The molecule has 1 saturated heterocycles. The fraction of sp³-hybridized carbons (Fsp3) is 0.500. The number of ether oxygens (including phenoxy) is 4. The average Bonchev–Trinajstić information content (AvgIpc) is 3.96. The Balaban J connectivity index is 0.814. The van der Waals surface area contributed by atoms with Crippen LogP contribution in [0.2, 0.25) is 0 Å². The summed E-state index contributed by atoms with van der Waals surface area (Å²) in [6, 6.07) is 14.3. The molecule has 1 amide bonds. The highest BCUT2D eigenvalue weighted by molar-refractivity contribution is 6.01. The Kier molecular flexibility index (Phi) is 10.4. The van der Waals surface area contributed by atoms with Crippen LogP contribution in [0.5, 0.6) is 0 Å². The number of rotatable bonds is 11. The Morgan fingerprint density at radius 1 is 0.968 bits per heavy atom. The van der Waals surface area contributed by atoms with E-state index in [0.717, 1.165) is 16.8 Å². The number of ketones is 2. The predicted octanol–water partition coefficient (Wildman–Crippen LogP) is 5.53. The number of allylic oxidation sites excluding steroid dienone is 4. The highest BCUT2D eigenvalue weighted by atomic mass is 19.1. The Hall–Kier alpha value is -5.22. The molecule has 5 aliphatic carbocycles. The lowest BCUT2D eigenvalue weighted by atomic mass is 9.44. The van der Waals surface area contributed by atoms with E-state index in [2.05, 4.69) is 10.3 Å². The molecule has 2 aromatic carbocycles. The minimum Gasteiger partial charge on any atom is -0.461 e. The number of pyridine rings is 1. The fourth-order valence-electron chi connectivity index (χ4n) is 11.8. The van der Waals surface area contributed by atoms with Crippen LogP contribution < -0.4 is 11.1 Å². The van der Waals surface area contributed by atoms with E-state index in [4.69, 9.17) is 24.7 Å². The van der Waals surface area contributed by atoms with Crippen molar-refractivity contribution in [2.24, 2.45) is 40.2 Å². The van der Waals surface area contributed by atoms with Gasteiger partial charge in [-0.2, -0.15) is 0 Å². The van der Waals surface area contributed by atoms with Crippen LogP contribution in [-0.4, -0.2) is 88.1 Å². The lowest BCUT2D eigenvalue weighted by Gasteiger charge is -2.63. The number of esters is 2. The number of aromatic nitrogens is 1. The van der Waals surface area contributed by atoms with E-state index in [9.17, 15) is 29.1 Å². The number of aliphatic hydroxyl groups excluding tert-OH is 1. The quantitative estimate of drug-likeness (QED) is 0.205. The zero-order valence-corrected chi connectivity index (χ0v) is 35.5. The van der Waals surface area contributed by atoms with Crippen molar-refractivity contribution in [1.29, 1.82) is 0 Å². The molecule has 0 radical (unpaired) electrons. The molecule has 4 N–H and O–H groups in total. The van der Waals surface area contributed by atoms with Crippen molar-refractivity contribution in [2.45, 2.75) is 101 Å². The number of aliphatic hydroxyl groups is 1. The summed E-state index contributed by atoms with van der Waals surface area (Å²) >= 11 is 0. The molecule has 0 bridgehead atoms. The van der Waals surface area contributed by atoms with Gasteiger partial charge in [-0.05, 0) is 105 Å². The molecule has 13 nitrogen and oxygen atoms in total. The van der Waals surface area contributed by atoms with Gasteiger partial charge in [-0.25, -0.2) is 8.78 Å². The summed E-state index contributed by atoms with van der Waals surface area (Å²) in [6.45, 7) is 5.76. The highest BCUT2D eigenvalue weighted by Gasteiger charge is 2.80. The first-order valence-electron chi connectivity index (χ1n) is 21.5. The third kappa shape index (κ3) is 6.76. The van der Waals surface area contributed by atoms with Gasteiger partial charge >= 0.3 is 11.9 Å². The number of alkyl halides is 2. The largest absolute Gasteiger partial charge is 0.461 e. The van der Waals surface area contributed by atoms with Crippen LogP contribution in [0, 0.1) is 34.5 Å². The number of nitrogens with one attached hydrogen (secondary N) is 1. The third-order valence-electron chi connectivity index (χ3n) is 15.0. The molecular weight excluding hydrogens is 817 g/mol. The number of nitrogens with two attached hydrogens (primary N) is 1. The van der Waals surface area contributed by atoms with Gasteiger partial charge in [-0.15, -0.1) is 0 Å². The van der Waals surface area contributed by atoms with Crippen LogP contribution in [0.15, 0.2) is 84.7 Å². The molecule has 2 heterocycles. The topological polar surface area (TPSA) is 193 Å². The second kappa shape index (κ2) is 15.2. The van der Waals surface area contributed by atoms with Gasteiger partial charge in [-0.1, -0.05) is 43.3 Å². The van der Waals surface area contributed by atoms with Crippen molar-refractivity contribution in [3.63, 3.8) is 0 Å². The number of hydrogen-bond acceptors (Lipinski definition) is 12. The molecular formula is C48H51F2N3O10. The first-order chi connectivity index (χ1) is 29.8. The Labute approximate surface area is 362 Å². The average molecular weight is 868 g/mol. The van der Waals surface area contributed by atoms with Gasteiger partial charge < -0.3 is 35.1 Å². The molecule has 1 aliphatic heterocycles. The molecule has 12 atom stereocenters. The number of carbonyl (C=O) groups is 5. The van der Waals surface area contributed by atoms with Crippen molar-refractivity contribution in [3.8, 4) is 0 Å². The second-order valence-corrected chi connectivity index (χ2v) is 19.0. The summed E-state index contributed by atoms with van der Waals surface area (Å²) in [7, 11) is 0. The van der Waals surface area contributed by atoms with E-state index < -0.39 is 106 Å². The van der Waals surface area contributed by atoms with Gasteiger partial charge in [0.05, 0.1) is 30.0 Å². The van der Waals surface area contributed by atoms with Crippen LogP contribution in [0.25, 0.3) is 10.8 Å². The number of halogens is 2. The summed E-state index contributed by atoms with van der Waals surface area (Å²) < 4.78 is 57.6. The number of fused-ring (bicyclic) bond motifs is 8. The van der Waals surface area contributed by atoms with Crippen molar-refractivity contribution in [3.05, 3.63) is 95.9 Å². The number of hydrogen-bond donors (Lipinski definition) is 3. The zero-order chi connectivity index (χ0) is 44.9. The third-order valence-corrected chi connectivity index (χ3v) is 15.0. The maximum Gasteiger partial charge on any atom is 0.310 e. The van der Waals surface area contributed by atoms with E-state index in [1.165, 1.54) is 19.1 Å². The van der Waals surface area contributed by atoms with Gasteiger partial charge in [0.1, 0.15) is 12.8 Å². The lowest BCUT2D eigenvalue weighted by Crippen LogP contribution is -2.71. The molecule has 6 aliphatic rings. The van der Waals surface area contributed by atoms with Crippen molar-refractivity contribution in [1.82, 2.24) is 4.98 Å². The fourth-order valence-corrected chi connectivity index (χ4v) is 11.8. The van der Waals surface area contributed by atoms with Crippen LogP contribution >= 0.6 is 0 Å². The van der Waals surface area contributed by atoms with Crippen molar-refractivity contribution < 1.29 is 56.8 Å². The molecule has 0 spiro atoms. The van der Waals surface area contributed by atoms with Crippen LogP contribution in [0.4, 0.5) is 14.5 Å². The smallest absolute Gasteiger partial charge is 0.310 e. The SMILES string of the molecule is CC1(C)O[C@@H]2C[C@H]3[C@@H]4C[C@H](F)C5=CC(=O)C=C[C@]5(C)[C@@]4(F)[C@@H](O)C[C@]3(C)[C@]2(C(=O)COC(=O)C2CC2C(=O)OCc2ccc([C@@H](CN)C(=O)Nc3ccc4cnccc4c3)cc2)O1. The predicted molar refractivity (Wildman–Crippen MR) is 223 cm³/mol. The number of carbonyl (C=O) groups excluding carboxylic acids is 5. The molecule has 332 valence electrons. The monoisotopic (exact) mass is 867 g/mol. The second-order valence-electron chi connectivity index (χ2n) is 19.0. The van der Waals surface area contributed by atoms with E-state index >= 15 is 8.78 Å². The zero-order valence-electron chi connectivity index (χ0n) is 35.5. The van der Waals surface area contributed by atoms with Gasteiger partial charge in [0, 0.05) is 46.8 Å². The van der Waals surface area contributed by atoms with E-state index in [0.29, 0.717) is 16.8 Å². The van der Waals surface area contributed by atoms with Crippen LogP contribution in [0.1, 0.15) is 70.4 Å². The summed E-state index contributed by atoms with van der Waals surface area (Å²) in [5.41, 5.74) is 0.957. The van der Waals surface area contributed by atoms with E-state index in [-0.39, 0.29) is 50.3 Å². The normalized spacial score (nSPS) is 36.2. The van der Waals surface area contributed by atoms with Crippen molar-refractivity contribution >= 4 is 45.9 Å². The lowest BCUT2D eigenvalue weighted by molar-refractivity contribution is -0.249. The molecule has 9 rings (SSSR count). The van der Waals surface area contributed by atoms with Crippen LogP contribution in [0.3, 0.4) is 0 Å². The molecule has 15 heteroatoms. The number of Topliss-reactive ketones (excluding diaryl/α,β-unsaturated/α-hetero) is 1. The number of amides is 1. The van der Waals surface area contributed by atoms with Gasteiger partial charge in [0.25, 0.3) is 0 Å². The molecule has 1 aromatic heterocycles. The Morgan fingerprint density at radius 2 is 1.70 bits per heavy atom. The molecule has 4 saturated carbocycles. The first kappa shape index (κ1) is 43.1. The van der Waals surface area contributed by atoms with Gasteiger partial charge in [0.2, 0.25) is 11.7 Å². The Morgan fingerprint density at radius 3 is 2.43 bits per heavy atom. The standard InChI is InChI=1S/C48H51F2N3O10/c1-44(2)62-40-19-34-35-18-37(49)36-16-30(54)11-13-45(36,3)47(35,50)38(55)20-46(34,4)48(40,63-44)39(56)24-61-43(59)32-17-31(32)42(58)60-23-25-5-7-26(8-6-25)33(21-51)41(57)53-29-10-9-28-22-52-14-12-27(28)15-29/h5-16,22,31-35,37-38,40,55H,17-21,23-24,51H2,1-4H3,(H,53,57)/t31?,32?,33-,34+,35+,37+,38+,40-,45+,46+,47+,48-/m1/s1. The number of anilines is 1. The Bertz CT molecular complexity index is 2480. The van der Waals surface area contributed by atoms with E-state index in [1.807, 2.05) is 18.2 Å². The summed E-state index contributed by atoms with van der Waals surface area (Å²) in [6.07, 6.45) is 2.59. The maximum atomic E-state index is 17.8. The molecule has 2 unspecified atom stereocenters. The van der Waals surface area contributed by atoms with Crippen LogP contribution in [-0.2, 0) is 49.5 Å². The molecule has 5 fully saturated rings. The summed E-state index contributed by atoms with van der Waals surface area (Å²) in [5.74, 6) is -7.99. The number of nitrogens with zero attached hydrogens (tertiary/aromatic N) is 1. The van der Waals surface area contributed by atoms with E-state index in [1.54, 1.807) is 63.5 Å². The maximum absolute atomic E-state index is 17.8. The highest BCUT2D eigenvalue weighted by Crippen LogP contribution is 2.72. The van der Waals surface area contributed by atoms with Crippen molar-refractivity contribution in [2.75, 3.05) is 18.5 Å². The van der Waals surface area contributed by atoms with Gasteiger partial charge in [-0.3, -0.25) is 29.0 Å². The number of benzene rings is 2. The summed E-state index contributed by atoms with van der Waals surface area (Å²) in [4.78, 5) is 70.4. The van der Waals surface area contributed by atoms with Gasteiger partial charge in [0.15, 0.2) is 29.4 Å². The first-order valence-corrected chi connectivity index (χ1v) is 21.5.